The van der Waals surface area contributed by atoms with Crippen LogP contribution in [0.25, 0.3) is 0 Å². The standard InChI is InChI=1S/C19H17Cl3N2/c1-19(2)12-6-4-5-7-17(12)24(3)18(19)8-9-23-16-11-14(21)13(20)10-15(16)22/h4-11H,1-3H3/b18-8+,23-9?. The van der Waals surface area contributed by atoms with Crippen molar-refractivity contribution in [1.29, 1.82) is 0 Å². The fourth-order valence-corrected chi connectivity index (χ4v) is 3.69. The zero-order valence-corrected chi connectivity index (χ0v) is 15.9. The van der Waals surface area contributed by atoms with Gasteiger partial charge in [0.25, 0.3) is 0 Å². The second-order valence-corrected chi connectivity index (χ2v) is 7.47. The SMILES string of the molecule is CN1/C(=C/C=Nc2cc(Cl)c(Cl)cc2Cl)C(C)(C)c2ccccc21. The van der Waals surface area contributed by atoms with Crippen molar-refractivity contribution in [3.8, 4) is 0 Å². The third-order valence-electron chi connectivity index (χ3n) is 4.38. The van der Waals surface area contributed by atoms with E-state index in [0.29, 0.717) is 20.8 Å². The Hall–Kier alpha value is -1.48. The lowest BCUT2D eigenvalue weighted by atomic mass is 9.84. The molecule has 0 atom stereocenters. The van der Waals surface area contributed by atoms with Gasteiger partial charge in [0.2, 0.25) is 0 Å². The van der Waals surface area contributed by atoms with Gasteiger partial charge in [-0.15, -0.1) is 0 Å². The van der Waals surface area contributed by atoms with Crippen LogP contribution in [0.2, 0.25) is 15.1 Å². The van der Waals surface area contributed by atoms with E-state index >= 15 is 0 Å². The molecule has 124 valence electrons. The van der Waals surface area contributed by atoms with Crippen molar-refractivity contribution in [3.05, 3.63) is 68.8 Å². The molecule has 2 aromatic carbocycles. The molecule has 0 fully saturated rings. The fourth-order valence-electron chi connectivity index (χ4n) is 3.10. The van der Waals surface area contributed by atoms with Gasteiger partial charge in [0.05, 0.1) is 20.8 Å². The maximum atomic E-state index is 6.17. The minimum Gasteiger partial charge on any atom is -0.347 e. The predicted octanol–water partition coefficient (Wildman–Crippen LogP) is 6.66. The van der Waals surface area contributed by atoms with Gasteiger partial charge in [-0.05, 0) is 29.8 Å². The zero-order valence-electron chi connectivity index (χ0n) is 13.6. The molecule has 0 unspecified atom stereocenters. The van der Waals surface area contributed by atoms with E-state index in [4.69, 9.17) is 34.8 Å². The lowest BCUT2D eigenvalue weighted by molar-refractivity contribution is 0.641. The molecule has 0 N–H and O–H groups in total. The maximum Gasteiger partial charge on any atom is 0.0831 e. The highest BCUT2D eigenvalue weighted by Gasteiger charge is 2.37. The van der Waals surface area contributed by atoms with Crippen LogP contribution in [-0.2, 0) is 5.41 Å². The normalized spacial score (nSPS) is 17.8. The predicted molar refractivity (Wildman–Crippen MR) is 106 cm³/mol. The number of benzene rings is 2. The molecule has 24 heavy (non-hydrogen) atoms. The molecular formula is C19H17Cl3N2. The molecule has 2 aromatic rings. The van der Waals surface area contributed by atoms with Gasteiger partial charge in [-0.2, -0.15) is 0 Å². The number of nitrogens with zero attached hydrogens (tertiary/aromatic N) is 2. The Kier molecular flexibility index (Phi) is 4.65. The number of anilines is 1. The minimum atomic E-state index is -0.0845. The monoisotopic (exact) mass is 378 g/mol. The summed E-state index contributed by atoms with van der Waals surface area (Å²) in [4.78, 5) is 6.62. The van der Waals surface area contributed by atoms with Crippen LogP contribution >= 0.6 is 34.8 Å². The summed E-state index contributed by atoms with van der Waals surface area (Å²) in [6.07, 6.45) is 3.77. The van der Waals surface area contributed by atoms with Gasteiger partial charge in [0.15, 0.2) is 0 Å². The van der Waals surface area contributed by atoms with E-state index in [9.17, 15) is 0 Å². The molecule has 3 rings (SSSR count). The first kappa shape index (κ1) is 17.3. The highest BCUT2D eigenvalue weighted by atomic mass is 35.5. The van der Waals surface area contributed by atoms with Crippen molar-refractivity contribution in [2.24, 2.45) is 4.99 Å². The molecule has 1 heterocycles. The largest absolute Gasteiger partial charge is 0.347 e. The highest BCUT2D eigenvalue weighted by Crippen LogP contribution is 2.46. The molecule has 0 amide bonds. The smallest absolute Gasteiger partial charge is 0.0831 e. The summed E-state index contributed by atoms with van der Waals surface area (Å²) in [7, 11) is 2.07. The number of aliphatic imine (C=N–C) groups is 1. The Bertz CT molecular complexity index is 854. The van der Waals surface area contributed by atoms with Gasteiger partial charge in [-0.3, -0.25) is 4.99 Å². The molecular weight excluding hydrogens is 363 g/mol. The molecule has 0 bridgehead atoms. The topological polar surface area (TPSA) is 15.6 Å². The zero-order chi connectivity index (χ0) is 17.5. The van der Waals surface area contributed by atoms with Crippen molar-refractivity contribution in [2.75, 3.05) is 11.9 Å². The summed E-state index contributed by atoms with van der Waals surface area (Å²) in [6.45, 7) is 4.42. The second kappa shape index (κ2) is 6.44. The number of allylic oxidation sites excluding steroid dienone is 2. The van der Waals surface area contributed by atoms with E-state index in [1.54, 1.807) is 18.3 Å². The van der Waals surface area contributed by atoms with Crippen molar-refractivity contribution < 1.29 is 0 Å². The summed E-state index contributed by atoms with van der Waals surface area (Å²) >= 11 is 18.1. The van der Waals surface area contributed by atoms with Crippen LogP contribution in [0.15, 0.2) is 53.2 Å². The molecule has 2 nitrogen and oxygen atoms in total. The highest BCUT2D eigenvalue weighted by molar-refractivity contribution is 6.43. The van der Waals surface area contributed by atoms with Crippen LogP contribution in [0.5, 0.6) is 0 Å². The van der Waals surface area contributed by atoms with E-state index in [-0.39, 0.29) is 5.41 Å². The van der Waals surface area contributed by atoms with Crippen LogP contribution in [0, 0.1) is 0 Å². The molecule has 5 heteroatoms. The third kappa shape index (κ3) is 2.95. The average Bonchev–Trinajstić information content (AvgIpc) is 2.73. The van der Waals surface area contributed by atoms with Crippen molar-refractivity contribution in [2.45, 2.75) is 19.3 Å². The Morgan fingerprint density at radius 2 is 1.67 bits per heavy atom. The Balaban J connectivity index is 1.95. The number of hydrogen-bond donors (Lipinski definition) is 0. The van der Waals surface area contributed by atoms with Crippen molar-refractivity contribution in [1.82, 2.24) is 0 Å². The summed E-state index contributed by atoms with van der Waals surface area (Å²) in [5.41, 5.74) is 4.20. The van der Waals surface area contributed by atoms with Crippen LogP contribution in [0.4, 0.5) is 11.4 Å². The molecule has 1 aliphatic heterocycles. The molecule has 1 aliphatic rings. The molecule has 0 saturated carbocycles. The first-order chi connectivity index (χ1) is 11.3. The number of rotatable bonds is 2. The van der Waals surface area contributed by atoms with E-state index < -0.39 is 0 Å². The van der Waals surface area contributed by atoms with Crippen LogP contribution < -0.4 is 4.90 Å². The lowest BCUT2D eigenvalue weighted by Crippen LogP contribution is -2.23. The Labute approximate surface area is 157 Å². The number of hydrogen-bond acceptors (Lipinski definition) is 2. The second-order valence-electron chi connectivity index (χ2n) is 6.25. The van der Waals surface area contributed by atoms with Crippen molar-refractivity contribution >= 4 is 52.4 Å². The Morgan fingerprint density at radius 3 is 2.38 bits per heavy atom. The molecule has 0 radical (unpaired) electrons. The van der Waals surface area contributed by atoms with E-state index in [2.05, 4.69) is 55.1 Å². The van der Waals surface area contributed by atoms with Gasteiger partial charge in [0, 0.05) is 30.1 Å². The van der Waals surface area contributed by atoms with Crippen molar-refractivity contribution in [3.63, 3.8) is 0 Å². The van der Waals surface area contributed by atoms with E-state index in [1.165, 1.54) is 16.9 Å². The van der Waals surface area contributed by atoms with Gasteiger partial charge in [-0.25, -0.2) is 0 Å². The maximum absolute atomic E-state index is 6.17. The van der Waals surface area contributed by atoms with Gasteiger partial charge in [0.1, 0.15) is 0 Å². The quantitative estimate of drug-likeness (QED) is 0.420. The number of fused-ring (bicyclic) bond motifs is 1. The molecule has 0 saturated heterocycles. The van der Waals surface area contributed by atoms with Gasteiger partial charge in [-0.1, -0.05) is 66.8 Å². The summed E-state index contributed by atoms with van der Waals surface area (Å²) in [5, 5.41) is 1.33. The van der Waals surface area contributed by atoms with E-state index in [1.807, 2.05) is 6.08 Å². The third-order valence-corrected chi connectivity index (χ3v) is 5.40. The Morgan fingerprint density at radius 1 is 1.00 bits per heavy atom. The van der Waals surface area contributed by atoms with Gasteiger partial charge < -0.3 is 4.90 Å². The lowest BCUT2D eigenvalue weighted by Gasteiger charge is -2.23. The fraction of sp³-hybridized carbons (Fsp3) is 0.211. The van der Waals surface area contributed by atoms with E-state index in [0.717, 1.165) is 0 Å². The molecule has 0 aromatic heterocycles. The van der Waals surface area contributed by atoms with Gasteiger partial charge >= 0.3 is 0 Å². The summed E-state index contributed by atoms with van der Waals surface area (Å²) in [5.74, 6) is 0. The molecule has 0 aliphatic carbocycles. The number of halogens is 3. The number of likely N-dealkylation sites (N-methyl/N-ethyl adjacent to an activating group) is 1. The number of para-hydroxylation sites is 1. The van der Waals surface area contributed by atoms with Crippen LogP contribution in [-0.4, -0.2) is 13.3 Å². The molecule has 0 spiro atoms. The summed E-state index contributed by atoms with van der Waals surface area (Å²) < 4.78 is 0. The first-order valence-electron chi connectivity index (χ1n) is 7.55. The minimum absolute atomic E-state index is 0.0845. The van der Waals surface area contributed by atoms with Crippen LogP contribution in [0.3, 0.4) is 0 Å². The summed E-state index contributed by atoms with van der Waals surface area (Å²) in [6, 6.07) is 11.7. The first-order valence-corrected chi connectivity index (χ1v) is 8.68. The van der Waals surface area contributed by atoms with Crippen LogP contribution in [0.1, 0.15) is 19.4 Å². The average molecular weight is 380 g/mol.